The summed E-state index contributed by atoms with van der Waals surface area (Å²) in [6, 6.07) is 16.1. The van der Waals surface area contributed by atoms with Gasteiger partial charge in [0.15, 0.2) is 0 Å². The summed E-state index contributed by atoms with van der Waals surface area (Å²) in [5.74, 6) is 1.60. The molecule has 0 bridgehead atoms. The highest BCUT2D eigenvalue weighted by Crippen LogP contribution is 2.37. The molecule has 2 aromatic carbocycles. The van der Waals surface area contributed by atoms with E-state index in [2.05, 4.69) is 36.9 Å². The number of likely N-dealkylation sites (tertiary alicyclic amines) is 1. The second kappa shape index (κ2) is 9.00. The Balaban J connectivity index is 1.62. The molecule has 0 N–H and O–H groups in total. The van der Waals surface area contributed by atoms with Crippen LogP contribution in [0.2, 0.25) is 0 Å². The number of ether oxygens (including phenoxy) is 1. The summed E-state index contributed by atoms with van der Waals surface area (Å²) < 4.78 is 5.61. The van der Waals surface area contributed by atoms with Crippen LogP contribution in [0.1, 0.15) is 48.9 Å². The fourth-order valence-corrected chi connectivity index (χ4v) is 4.41. The number of hydrogen-bond donors (Lipinski definition) is 0. The van der Waals surface area contributed by atoms with Crippen LogP contribution >= 0.6 is 0 Å². The zero-order valence-electron chi connectivity index (χ0n) is 18.2. The number of aryl methyl sites for hydroxylation is 1. The predicted octanol–water partition coefficient (Wildman–Crippen LogP) is 4.41. The largest absolute Gasteiger partial charge is 0.496 e. The Morgan fingerprint density at radius 1 is 1.13 bits per heavy atom. The van der Waals surface area contributed by atoms with Crippen molar-refractivity contribution in [2.45, 2.75) is 39.2 Å². The number of methoxy groups -OCH3 is 1. The van der Waals surface area contributed by atoms with Crippen molar-refractivity contribution in [2.75, 3.05) is 26.7 Å². The lowest BCUT2D eigenvalue weighted by Gasteiger charge is -2.31. The first-order chi connectivity index (χ1) is 14.5. The molecule has 30 heavy (non-hydrogen) atoms. The van der Waals surface area contributed by atoms with Gasteiger partial charge in [0.2, 0.25) is 0 Å². The zero-order chi connectivity index (χ0) is 21.1. The van der Waals surface area contributed by atoms with E-state index in [1.807, 2.05) is 30.3 Å². The number of hydrazone groups is 1. The van der Waals surface area contributed by atoms with Gasteiger partial charge >= 0.3 is 0 Å². The van der Waals surface area contributed by atoms with Gasteiger partial charge < -0.3 is 4.74 Å². The Hall–Kier alpha value is -2.66. The Morgan fingerprint density at radius 3 is 2.63 bits per heavy atom. The zero-order valence-corrected chi connectivity index (χ0v) is 18.2. The van der Waals surface area contributed by atoms with Gasteiger partial charge in [0.25, 0.3) is 5.91 Å². The van der Waals surface area contributed by atoms with E-state index in [0.717, 1.165) is 54.4 Å². The van der Waals surface area contributed by atoms with Crippen LogP contribution < -0.4 is 4.74 Å². The highest BCUT2D eigenvalue weighted by molar-refractivity contribution is 6.03. The Kier molecular flexibility index (Phi) is 6.18. The fourth-order valence-electron chi connectivity index (χ4n) is 4.41. The molecule has 5 nitrogen and oxygen atoms in total. The Bertz CT molecular complexity index is 931. The molecule has 0 saturated carbocycles. The number of rotatable bonds is 5. The van der Waals surface area contributed by atoms with Gasteiger partial charge in [-0.2, -0.15) is 5.10 Å². The van der Waals surface area contributed by atoms with E-state index < -0.39 is 0 Å². The molecule has 1 saturated heterocycles. The third kappa shape index (κ3) is 4.41. The molecule has 1 amide bonds. The van der Waals surface area contributed by atoms with Gasteiger partial charge in [0.1, 0.15) is 5.75 Å². The standard InChI is InChI=1S/C25H31N3O2/c1-18-11-13-27(14-12-18)17-25(29)28-23(21-9-4-5-10-24(21)30-3)16-22(26-28)20-8-6-7-19(2)15-20/h4-10,15,18,23H,11-14,16-17H2,1-3H3/t23-/m0/s1. The number of para-hydroxylation sites is 1. The number of nitrogens with zero attached hydrogens (tertiary/aromatic N) is 3. The van der Waals surface area contributed by atoms with Crippen LogP contribution in [-0.2, 0) is 4.79 Å². The molecule has 0 radical (unpaired) electrons. The van der Waals surface area contributed by atoms with Crippen LogP contribution in [-0.4, -0.2) is 48.3 Å². The highest BCUT2D eigenvalue weighted by atomic mass is 16.5. The minimum absolute atomic E-state index is 0.0584. The first-order valence-corrected chi connectivity index (χ1v) is 10.9. The average molecular weight is 406 g/mol. The molecule has 2 aliphatic heterocycles. The van der Waals surface area contributed by atoms with Gasteiger partial charge in [-0.1, -0.05) is 55.0 Å². The van der Waals surface area contributed by atoms with Gasteiger partial charge in [-0.25, -0.2) is 5.01 Å². The summed E-state index contributed by atoms with van der Waals surface area (Å²) in [4.78, 5) is 15.6. The van der Waals surface area contributed by atoms with Crippen molar-refractivity contribution in [3.63, 3.8) is 0 Å². The van der Waals surface area contributed by atoms with Crippen molar-refractivity contribution in [1.82, 2.24) is 9.91 Å². The van der Waals surface area contributed by atoms with Gasteiger partial charge in [0.05, 0.1) is 25.4 Å². The number of amides is 1. The third-order valence-electron chi connectivity index (χ3n) is 6.25. The van der Waals surface area contributed by atoms with E-state index in [1.54, 1.807) is 12.1 Å². The number of carbonyl (C=O) groups excluding carboxylic acids is 1. The highest BCUT2D eigenvalue weighted by Gasteiger charge is 2.35. The van der Waals surface area contributed by atoms with E-state index >= 15 is 0 Å². The molecular weight excluding hydrogens is 374 g/mol. The second-order valence-corrected chi connectivity index (χ2v) is 8.58. The van der Waals surface area contributed by atoms with Gasteiger partial charge in [-0.05, 0) is 50.4 Å². The maximum absolute atomic E-state index is 13.4. The van der Waals surface area contributed by atoms with E-state index in [1.165, 1.54) is 5.56 Å². The molecule has 0 spiro atoms. The van der Waals surface area contributed by atoms with Crippen LogP contribution in [0.5, 0.6) is 5.75 Å². The smallest absolute Gasteiger partial charge is 0.257 e. The maximum Gasteiger partial charge on any atom is 0.257 e. The number of benzene rings is 2. The third-order valence-corrected chi connectivity index (χ3v) is 6.25. The normalized spacial score (nSPS) is 20.3. The number of carbonyl (C=O) groups is 1. The Morgan fingerprint density at radius 2 is 1.90 bits per heavy atom. The second-order valence-electron chi connectivity index (χ2n) is 8.58. The Labute approximate surface area is 179 Å². The number of hydrogen-bond acceptors (Lipinski definition) is 4. The summed E-state index contributed by atoms with van der Waals surface area (Å²) >= 11 is 0. The van der Waals surface area contributed by atoms with Gasteiger partial charge in [-0.15, -0.1) is 0 Å². The molecule has 158 valence electrons. The summed E-state index contributed by atoms with van der Waals surface area (Å²) in [6.07, 6.45) is 2.99. The lowest BCUT2D eigenvalue weighted by Crippen LogP contribution is -2.41. The lowest BCUT2D eigenvalue weighted by atomic mass is 9.97. The fraction of sp³-hybridized carbons (Fsp3) is 0.440. The quantitative estimate of drug-likeness (QED) is 0.740. The summed E-state index contributed by atoms with van der Waals surface area (Å²) in [6.45, 7) is 6.75. The molecule has 5 heteroatoms. The first-order valence-electron chi connectivity index (χ1n) is 10.9. The van der Waals surface area contributed by atoms with Crippen molar-refractivity contribution in [2.24, 2.45) is 11.0 Å². The van der Waals surface area contributed by atoms with Crippen LogP contribution in [0.25, 0.3) is 0 Å². The topological polar surface area (TPSA) is 45.1 Å². The molecule has 2 heterocycles. The van der Waals surface area contributed by atoms with E-state index in [0.29, 0.717) is 13.0 Å². The van der Waals surface area contributed by atoms with Crippen molar-refractivity contribution >= 4 is 11.6 Å². The molecule has 2 aromatic rings. The van der Waals surface area contributed by atoms with Crippen molar-refractivity contribution < 1.29 is 9.53 Å². The minimum Gasteiger partial charge on any atom is -0.496 e. The van der Waals surface area contributed by atoms with Crippen LogP contribution in [0.15, 0.2) is 53.6 Å². The SMILES string of the molecule is COc1ccccc1[C@@H]1CC(c2cccc(C)c2)=NN1C(=O)CN1CCC(C)CC1. The van der Waals surface area contributed by atoms with Crippen LogP contribution in [0.3, 0.4) is 0 Å². The van der Waals surface area contributed by atoms with E-state index in [-0.39, 0.29) is 11.9 Å². The maximum atomic E-state index is 13.4. The van der Waals surface area contributed by atoms with Crippen LogP contribution in [0.4, 0.5) is 0 Å². The first kappa shape index (κ1) is 20.6. The summed E-state index contributed by atoms with van der Waals surface area (Å²) in [5, 5.41) is 6.53. The molecule has 0 aromatic heterocycles. The molecule has 0 unspecified atom stereocenters. The minimum atomic E-state index is -0.145. The molecular formula is C25H31N3O2. The molecule has 2 aliphatic rings. The lowest BCUT2D eigenvalue weighted by molar-refractivity contribution is -0.134. The van der Waals surface area contributed by atoms with Crippen molar-refractivity contribution in [3.8, 4) is 5.75 Å². The molecule has 1 fully saturated rings. The summed E-state index contributed by atoms with van der Waals surface area (Å²) in [5.41, 5.74) is 4.23. The summed E-state index contributed by atoms with van der Waals surface area (Å²) in [7, 11) is 1.68. The van der Waals surface area contributed by atoms with Crippen LogP contribution in [0, 0.1) is 12.8 Å². The molecule has 1 atom stereocenters. The van der Waals surface area contributed by atoms with Crippen molar-refractivity contribution in [1.29, 1.82) is 0 Å². The average Bonchev–Trinajstić information content (AvgIpc) is 3.21. The number of piperidine rings is 1. The van der Waals surface area contributed by atoms with E-state index in [4.69, 9.17) is 9.84 Å². The monoisotopic (exact) mass is 405 g/mol. The van der Waals surface area contributed by atoms with Crippen molar-refractivity contribution in [3.05, 3.63) is 65.2 Å². The molecule has 4 rings (SSSR count). The van der Waals surface area contributed by atoms with Gasteiger partial charge in [-0.3, -0.25) is 9.69 Å². The van der Waals surface area contributed by atoms with E-state index in [9.17, 15) is 4.79 Å². The predicted molar refractivity (Wildman–Crippen MR) is 120 cm³/mol. The molecule has 0 aliphatic carbocycles. The van der Waals surface area contributed by atoms with Gasteiger partial charge in [0, 0.05) is 12.0 Å².